The Balaban J connectivity index is 2.57. The molecule has 2 rings (SSSR count). The summed E-state index contributed by atoms with van der Waals surface area (Å²) < 4.78 is 0. The van der Waals surface area contributed by atoms with E-state index in [0.29, 0.717) is 11.6 Å². The van der Waals surface area contributed by atoms with Crippen molar-refractivity contribution in [2.24, 2.45) is 15.8 Å². The lowest BCUT2D eigenvalue weighted by molar-refractivity contribution is 0.303. The van der Waals surface area contributed by atoms with Crippen LogP contribution in [0, 0.1) is 6.92 Å². The average molecular weight is 257 g/mol. The first-order valence-corrected chi connectivity index (χ1v) is 6.20. The highest BCUT2D eigenvalue weighted by atomic mass is 15.6. The fourth-order valence-corrected chi connectivity index (χ4v) is 2.24. The molecule has 5 heteroatoms. The van der Waals surface area contributed by atoms with Crippen LogP contribution in [0.1, 0.15) is 19.4 Å². The molecule has 0 radical (unpaired) electrons. The summed E-state index contributed by atoms with van der Waals surface area (Å²) in [4.78, 5) is 10.4. The van der Waals surface area contributed by atoms with Crippen LogP contribution in [0.15, 0.2) is 45.9 Å². The van der Waals surface area contributed by atoms with Gasteiger partial charge in [-0.1, -0.05) is 18.2 Å². The number of nitrogens with two attached hydrogens (primary N) is 1. The van der Waals surface area contributed by atoms with Gasteiger partial charge in [-0.2, -0.15) is 0 Å². The van der Waals surface area contributed by atoms with Gasteiger partial charge in [0.2, 0.25) is 0 Å². The zero-order chi connectivity index (χ0) is 14.0. The van der Waals surface area contributed by atoms with Gasteiger partial charge in [0.25, 0.3) is 0 Å². The lowest BCUT2D eigenvalue weighted by Gasteiger charge is -2.28. The Bertz CT molecular complexity index is 547. The Morgan fingerprint density at radius 3 is 2.58 bits per heavy atom. The third-order valence-electron chi connectivity index (χ3n) is 3.23. The summed E-state index contributed by atoms with van der Waals surface area (Å²) in [6.45, 7) is 9.56. The van der Waals surface area contributed by atoms with E-state index in [-0.39, 0.29) is 6.17 Å². The molecule has 0 aliphatic carbocycles. The number of nitrogens with zero attached hydrogens (tertiary/aromatic N) is 4. The SMILES string of the molecule is C=NC1=C(/N=C\C)N(N)[C@H](C)N1c1ccccc1C. The van der Waals surface area contributed by atoms with E-state index < -0.39 is 0 Å². The number of rotatable bonds is 3. The van der Waals surface area contributed by atoms with Gasteiger partial charge in [-0.3, -0.25) is 5.01 Å². The van der Waals surface area contributed by atoms with Gasteiger partial charge in [0.05, 0.1) is 0 Å². The molecule has 19 heavy (non-hydrogen) atoms. The lowest BCUT2D eigenvalue weighted by Crippen LogP contribution is -2.42. The molecule has 0 aromatic heterocycles. The van der Waals surface area contributed by atoms with Crippen molar-refractivity contribution in [3.8, 4) is 0 Å². The zero-order valence-electron chi connectivity index (χ0n) is 11.5. The molecule has 2 N–H and O–H groups in total. The van der Waals surface area contributed by atoms with Crippen LogP contribution in [-0.2, 0) is 0 Å². The van der Waals surface area contributed by atoms with Crippen molar-refractivity contribution in [1.29, 1.82) is 0 Å². The van der Waals surface area contributed by atoms with Gasteiger partial charge in [0.15, 0.2) is 11.6 Å². The number of hydrogen-bond donors (Lipinski definition) is 1. The predicted octanol–water partition coefficient (Wildman–Crippen LogP) is 2.25. The second-order valence-corrected chi connectivity index (χ2v) is 4.39. The molecule has 1 aromatic rings. The number of aliphatic imine (C=N–C) groups is 2. The minimum Gasteiger partial charge on any atom is -0.301 e. The maximum absolute atomic E-state index is 6.08. The fourth-order valence-electron chi connectivity index (χ4n) is 2.24. The Hall–Kier alpha value is -2.14. The second kappa shape index (κ2) is 5.24. The van der Waals surface area contributed by atoms with Crippen LogP contribution in [0.3, 0.4) is 0 Å². The number of hydrogen-bond acceptors (Lipinski definition) is 5. The Morgan fingerprint density at radius 1 is 1.32 bits per heavy atom. The number of aryl methyl sites for hydroxylation is 1. The molecule has 0 fully saturated rings. The lowest BCUT2D eigenvalue weighted by atomic mass is 10.2. The van der Waals surface area contributed by atoms with Gasteiger partial charge in [0, 0.05) is 11.9 Å². The maximum Gasteiger partial charge on any atom is 0.188 e. The monoisotopic (exact) mass is 257 g/mol. The van der Waals surface area contributed by atoms with Crippen LogP contribution in [0.5, 0.6) is 0 Å². The predicted molar refractivity (Wildman–Crippen MR) is 79.9 cm³/mol. The topological polar surface area (TPSA) is 57.2 Å². The molecule has 5 nitrogen and oxygen atoms in total. The molecule has 0 amide bonds. The molecular weight excluding hydrogens is 238 g/mol. The summed E-state index contributed by atoms with van der Waals surface area (Å²) >= 11 is 0. The van der Waals surface area contributed by atoms with E-state index in [1.54, 1.807) is 11.2 Å². The van der Waals surface area contributed by atoms with Crippen LogP contribution < -0.4 is 10.7 Å². The first kappa shape index (κ1) is 13.3. The molecule has 1 aliphatic rings. The standard InChI is InChI=1S/C14H19N5/c1-5-17-14-13(16-4)18(11(3)19(14)15)12-9-7-6-8-10(12)2/h5-9,11H,4,15H2,1-3H3/b17-5-/t11-/m1/s1. The molecular formula is C14H19N5. The van der Waals surface area contributed by atoms with Crippen molar-refractivity contribution in [3.05, 3.63) is 41.5 Å². The minimum atomic E-state index is -0.0553. The average Bonchev–Trinajstić information content (AvgIpc) is 2.64. The van der Waals surface area contributed by atoms with Crippen LogP contribution in [-0.4, -0.2) is 24.1 Å². The second-order valence-electron chi connectivity index (χ2n) is 4.39. The molecule has 0 unspecified atom stereocenters. The van der Waals surface area contributed by atoms with Crippen LogP contribution in [0.25, 0.3) is 0 Å². The van der Waals surface area contributed by atoms with E-state index in [1.165, 1.54) is 0 Å². The molecule has 0 saturated heterocycles. The molecule has 1 atom stereocenters. The molecule has 0 spiro atoms. The van der Waals surface area contributed by atoms with Crippen molar-refractivity contribution < 1.29 is 0 Å². The molecule has 0 saturated carbocycles. The summed E-state index contributed by atoms with van der Waals surface area (Å²) in [5.41, 5.74) is 2.22. The smallest absolute Gasteiger partial charge is 0.188 e. The first-order chi connectivity index (χ1) is 9.11. The summed E-state index contributed by atoms with van der Waals surface area (Å²) in [7, 11) is 0. The third-order valence-corrected chi connectivity index (χ3v) is 3.23. The molecule has 0 bridgehead atoms. The van der Waals surface area contributed by atoms with Gasteiger partial charge in [-0.05, 0) is 39.1 Å². The Kier molecular flexibility index (Phi) is 3.66. The summed E-state index contributed by atoms with van der Waals surface area (Å²) in [5, 5.41) is 1.61. The number of benzene rings is 1. The van der Waals surface area contributed by atoms with Crippen molar-refractivity contribution in [1.82, 2.24) is 5.01 Å². The van der Waals surface area contributed by atoms with Gasteiger partial charge in [-0.15, -0.1) is 0 Å². The summed E-state index contributed by atoms with van der Waals surface area (Å²) in [6, 6.07) is 8.11. The minimum absolute atomic E-state index is 0.0553. The van der Waals surface area contributed by atoms with Crippen molar-refractivity contribution >= 4 is 18.6 Å². The van der Waals surface area contributed by atoms with Gasteiger partial charge >= 0.3 is 0 Å². The quantitative estimate of drug-likeness (QED) is 0.667. The van der Waals surface area contributed by atoms with E-state index in [2.05, 4.69) is 29.7 Å². The highest BCUT2D eigenvalue weighted by molar-refractivity contribution is 5.63. The normalized spacial score (nSPS) is 19.7. The van der Waals surface area contributed by atoms with Crippen molar-refractivity contribution in [2.75, 3.05) is 4.90 Å². The largest absolute Gasteiger partial charge is 0.301 e. The molecule has 1 aliphatic heterocycles. The molecule has 1 aromatic carbocycles. The van der Waals surface area contributed by atoms with Gasteiger partial charge in [-0.25, -0.2) is 15.8 Å². The van der Waals surface area contributed by atoms with Crippen molar-refractivity contribution in [2.45, 2.75) is 26.9 Å². The van der Waals surface area contributed by atoms with E-state index in [9.17, 15) is 0 Å². The van der Waals surface area contributed by atoms with E-state index in [0.717, 1.165) is 11.3 Å². The van der Waals surface area contributed by atoms with Crippen LogP contribution in [0.4, 0.5) is 5.69 Å². The van der Waals surface area contributed by atoms with Crippen LogP contribution >= 0.6 is 0 Å². The third kappa shape index (κ3) is 2.13. The van der Waals surface area contributed by atoms with E-state index in [1.807, 2.05) is 36.9 Å². The van der Waals surface area contributed by atoms with Crippen molar-refractivity contribution in [3.63, 3.8) is 0 Å². The number of hydrazine groups is 1. The molecule has 100 valence electrons. The highest BCUT2D eigenvalue weighted by Crippen LogP contribution is 2.34. The van der Waals surface area contributed by atoms with Gasteiger partial charge < -0.3 is 4.90 Å². The van der Waals surface area contributed by atoms with E-state index >= 15 is 0 Å². The fraction of sp³-hybridized carbons (Fsp3) is 0.286. The maximum atomic E-state index is 6.08. The van der Waals surface area contributed by atoms with Crippen LogP contribution in [0.2, 0.25) is 0 Å². The van der Waals surface area contributed by atoms with Gasteiger partial charge in [0.1, 0.15) is 6.17 Å². The van der Waals surface area contributed by atoms with E-state index in [4.69, 9.17) is 5.84 Å². The Morgan fingerprint density at radius 2 is 2.00 bits per heavy atom. The summed E-state index contributed by atoms with van der Waals surface area (Å²) in [6.07, 6.45) is 1.65. The molecule has 1 heterocycles. The Labute approximate surface area is 113 Å². The number of para-hydroxylation sites is 1. The zero-order valence-corrected chi connectivity index (χ0v) is 11.5. The highest BCUT2D eigenvalue weighted by Gasteiger charge is 2.35. The number of anilines is 1. The first-order valence-electron chi connectivity index (χ1n) is 6.20. The summed E-state index contributed by atoms with van der Waals surface area (Å²) in [5.74, 6) is 7.40.